The van der Waals surface area contributed by atoms with Crippen LogP contribution in [-0.4, -0.2) is 69.0 Å². The number of anilines is 3. The Hall–Kier alpha value is -4.89. The van der Waals surface area contributed by atoms with E-state index in [2.05, 4.69) is 35.9 Å². The number of carbonyl (C=O) groups excluding carboxylic acids is 6. The minimum atomic E-state index is -0.997. The maximum Gasteiger partial charge on any atom is 0.324 e. The Morgan fingerprint density at radius 2 is 1.72 bits per heavy atom. The Bertz CT molecular complexity index is 1700. The molecule has 5 rings (SSSR count). The Morgan fingerprint density at radius 3 is 2.49 bits per heavy atom. The summed E-state index contributed by atoms with van der Waals surface area (Å²) in [5, 5.41) is 14.3. The zero-order valence-corrected chi connectivity index (χ0v) is 26.8. The summed E-state index contributed by atoms with van der Waals surface area (Å²) < 4.78 is 4.11. The fourth-order valence-corrected chi connectivity index (χ4v) is 6.14. The van der Waals surface area contributed by atoms with E-state index in [1.165, 1.54) is 18.3 Å². The molecule has 7 amide bonds. The number of nitrogens with one attached hydrogen (secondary N) is 5. The summed E-state index contributed by atoms with van der Waals surface area (Å²) in [5.74, 6) is -2.41. The van der Waals surface area contributed by atoms with Crippen LogP contribution in [0.4, 0.5) is 21.2 Å². The van der Waals surface area contributed by atoms with Crippen LogP contribution in [0.25, 0.3) is 0 Å². The van der Waals surface area contributed by atoms with E-state index >= 15 is 0 Å². The van der Waals surface area contributed by atoms with Crippen molar-refractivity contribution in [2.24, 2.45) is 0 Å². The van der Waals surface area contributed by atoms with Gasteiger partial charge in [0.2, 0.25) is 11.8 Å². The molecule has 0 aliphatic carbocycles. The first-order valence-corrected chi connectivity index (χ1v) is 16.4. The molecule has 0 saturated carbocycles. The van der Waals surface area contributed by atoms with Gasteiger partial charge >= 0.3 is 6.03 Å². The number of fused-ring (bicyclic) bond motifs is 1. The number of carbonyl (C=O) groups is 6. The largest absolute Gasteiger partial charge is 0.384 e. The van der Waals surface area contributed by atoms with E-state index in [0.29, 0.717) is 29.5 Å². The molecule has 0 bridgehead atoms. The number of imide groups is 2. The second kappa shape index (κ2) is 15.6. The molecule has 2 aliphatic heterocycles. The number of halogens is 1. The number of amides is 7. The summed E-state index contributed by atoms with van der Waals surface area (Å²) in [6, 6.07) is 8.15. The van der Waals surface area contributed by atoms with E-state index in [-0.39, 0.29) is 40.7 Å². The Morgan fingerprint density at radius 1 is 0.957 bits per heavy atom. The van der Waals surface area contributed by atoms with Crippen molar-refractivity contribution in [3.63, 3.8) is 0 Å². The first-order valence-electron chi connectivity index (χ1n) is 15.2. The highest BCUT2D eigenvalue weighted by Gasteiger charge is 2.45. The number of urea groups is 1. The predicted octanol–water partition coefficient (Wildman–Crippen LogP) is 4.42. The van der Waals surface area contributed by atoms with E-state index in [0.717, 1.165) is 55.0 Å². The molecule has 3 aromatic rings. The van der Waals surface area contributed by atoms with Crippen LogP contribution in [0.2, 0.25) is 5.15 Å². The predicted molar refractivity (Wildman–Crippen MR) is 176 cm³/mol. The second-order valence-electron chi connectivity index (χ2n) is 11.0. The third-order valence-electron chi connectivity index (χ3n) is 7.64. The first-order chi connectivity index (χ1) is 22.7. The lowest BCUT2D eigenvalue weighted by Gasteiger charge is -2.27. The topological polar surface area (TPSA) is 192 Å². The van der Waals surface area contributed by atoms with Gasteiger partial charge in [0.25, 0.3) is 17.7 Å². The minimum absolute atomic E-state index is 0.0726. The average Bonchev–Trinajstić information content (AvgIpc) is 3.60. The van der Waals surface area contributed by atoms with Gasteiger partial charge in [-0.15, -0.1) is 0 Å². The number of hydrogen-bond donors (Lipinski definition) is 5. The van der Waals surface area contributed by atoms with Crippen molar-refractivity contribution in [3.8, 4) is 0 Å². The summed E-state index contributed by atoms with van der Waals surface area (Å²) in [6.45, 7) is 1.11. The van der Waals surface area contributed by atoms with Crippen molar-refractivity contribution >= 4 is 75.1 Å². The number of rotatable bonds is 14. The summed E-state index contributed by atoms with van der Waals surface area (Å²) in [7, 11) is 0. The molecule has 16 heteroatoms. The number of benzene rings is 1. The highest BCUT2D eigenvalue weighted by Crippen LogP contribution is 2.32. The maximum atomic E-state index is 13.2. The normalized spacial score (nSPS) is 15.7. The van der Waals surface area contributed by atoms with Crippen molar-refractivity contribution in [1.82, 2.24) is 24.9 Å². The smallest absolute Gasteiger partial charge is 0.324 e. The van der Waals surface area contributed by atoms with Crippen LogP contribution in [-0.2, 0) is 9.59 Å². The van der Waals surface area contributed by atoms with E-state index in [9.17, 15) is 28.8 Å². The van der Waals surface area contributed by atoms with Crippen LogP contribution in [0, 0.1) is 0 Å². The number of pyridine rings is 1. The monoisotopic (exact) mass is 680 g/mol. The fourth-order valence-electron chi connectivity index (χ4n) is 5.33. The molecule has 1 saturated heterocycles. The van der Waals surface area contributed by atoms with Crippen LogP contribution in [0.3, 0.4) is 0 Å². The Balaban J connectivity index is 0.948. The van der Waals surface area contributed by atoms with Crippen molar-refractivity contribution < 1.29 is 28.8 Å². The quantitative estimate of drug-likeness (QED) is 0.0932. The van der Waals surface area contributed by atoms with Crippen LogP contribution in [0.5, 0.6) is 0 Å². The number of nitrogens with zero attached hydrogens (tertiary/aromatic N) is 3. The van der Waals surface area contributed by atoms with Gasteiger partial charge in [-0.05, 0) is 55.1 Å². The summed E-state index contributed by atoms with van der Waals surface area (Å²) in [4.78, 5) is 79.4. The second-order valence-corrected chi connectivity index (χ2v) is 12.2. The third kappa shape index (κ3) is 8.48. The lowest BCUT2D eigenvalue weighted by molar-refractivity contribution is -0.136. The lowest BCUT2D eigenvalue weighted by Crippen LogP contribution is -2.54. The molecule has 1 aromatic carbocycles. The van der Waals surface area contributed by atoms with Gasteiger partial charge in [0, 0.05) is 43.1 Å². The maximum absolute atomic E-state index is 13.2. The van der Waals surface area contributed by atoms with Crippen LogP contribution < -0.4 is 26.6 Å². The summed E-state index contributed by atoms with van der Waals surface area (Å²) in [5.41, 5.74) is 1.76. The average molecular weight is 681 g/mol. The van der Waals surface area contributed by atoms with Gasteiger partial charge < -0.3 is 16.0 Å². The molecule has 1 fully saturated rings. The molecule has 1 unspecified atom stereocenters. The van der Waals surface area contributed by atoms with Gasteiger partial charge in [-0.2, -0.15) is 4.37 Å². The number of hydrogen-bond acceptors (Lipinski definition) is 10. The van der Waals surface area contributed by atoms with E-state index in [4.69, 9.17) is 11.6 Å². The van der Waals surface area contributed by atoms with Gasteiger partial charge in [0.05, 0.1) is 11.1 Å². The molecule has 0 spiro atoms. The molecule has 2 aliphatic rings. The fraction of sp³-hybridized carbons (Fsp3) is 0.355. The summed E-state index contributed by atoms with van der Waals surface area (Å²) in [6.07, 6.45) is 7.22. The zero-order valence-electron chi connectivity index (χ0n) is 25.3. The highest BCUT2D eigenvalue weighted by molar-refractivity contribution is 7.10. The highest BCUT2D eigenvalue weighted by atomic mass is 35.5. The van der Waals surface area contributed by atoms with Crippen molar-refractivity contribution in [1.29, 1.82) is 0 Å². The van der Waals surface area contributed by atoms with Crippen molar-refractivity contribution in [2.45, 2.75) is 57.4 Å². The van der Waals surface area contributed by atoms with Crippen molar-refractivity contribution in [2.75, 3.05) is 29.0 Å². The van der Waals surface area contributed by atoms with Gasteiger partial charge in [0.1, 0.15) is 21.9 Å². The lowest BCUT2D eigenvalue weighted by atomic mass is 10.0. The van der Waals surface area contributed by atoms with E-state index in [1.807, 2.05) is 0 Å². The molecule has 0 radical (unpaired) electrons. The Kier molecular flexibility index (Phi) is 11.1. The van der Waals surface area contributed by atoms with Gasteiger partial charge in [0.15, 0.2) is 0 Å². The molecular formula is C31H33ClN8O6S. The van der Waals surface area contributed by atoms with E-state index in [1.54, 1.807) is 24.3 Å². The number of aromatic nitrogens is 2. The third-order valence-corrected chi connectivity index (χ3v) is 8.55. The van der Waals surface area contributed by atoms with Crippen LogP contribution >= 0.6 is 23.1 Å². The molecule has 246 valence electrons. The minimum Gasteiger partial charge on any atom is -0.384 e. The van der Waals surface area contributed by atoms with Gasteiger partial charge in [-0.3, -0.25) is 39.5 Å². The number of unbranched alkanes of at least 4 members (excludes halogenated alkanes) is 5. The van der Waals surface area contributed by atoms with Gasteiger partial charge in [-0.25, -0.2) is 9.78 Å². The van der Waals surface area contributed by atoms with Gasteiger partial charge in [-0.1, -0.05) is 43.4 Å². The molecule has 14 nitrogen and oxygen atoms in total. The van der Waals surface area contributed by atoms with Crippen molar-refractivity contribution in [3.05, 3.63) is 64.6 Å². The Labute approximate surface area is 279 Å². The standard InChI is InChI=1S/C31H33ClN8O6S/c32-23-16-18(12-15-34-23)36-31(46)38-25-17-21(39-47-25)27(42)35-14-6-4-2-1-3-5-13-33-20-9-7-8-19-26(20)30(45)40(29(19)44)22-10-11-24(41)37-28(22)43/h7-9,12,15-17,22,33H,1-6,10-11,13-14H2,(H,35,42)(H,37,41,43)(H2,34,36,38,46). The molecule has 5 N–H and O–H groups in total. The van der Waals surface area contributed by atoms with Crippen LogP contribution in [0.15, 0.2) is 42.6 Å². The van der Waals surface area contributed by atoms with E-state index < -0.39 is 35.7 Å². The molecule has 2 aromatic heterocycles. The molecular weight excluding hydrogens is 648 g/mol. The summed E-state index contributed by atoms with van der Waals surface area (Å²) >= 11 is 6.82. The molecule has 4 heterocycles. The first kappa shape index (κ1) is 33.5. The van der Waals surface area contributed by atoms with Crippen LogP contribution in [0.1, 0.15) is 82.6 Å². The number of piperidine rings is 1. The SMILES string of the molecule is O=C1CCC(N2C(=O)c3cccc(NCCCCCCCCNC(=O)c4cc(NC(=O)Nc5ccnc(Cl)c5)sn4)c3C2=O)C(=O)N1. The molecule has 1 atom stereocenters. The molecule has 47 heavy (non-hydrogen) atoms. The zero-order chi connectivity index (χ0) is 33.3.